The van der Waals surface area contributed by atoms with E-state index >= 15 is 0 Å². The standard InChI is InChI=1S/C27H31F4NO/c1-2-3-4-5-19-10-12-22(13-11-19)23-16-24(28)26(25(29)17-23)27(30,31)33-15-14-20-6-8-21(18-32)9-7-20/h6-9,16-17,19,22H,2-5,10-15H2,1H3. The number of unbranched alkanes of at least 4 members (excludes halogenated alkanes) is 2. The van der Waals surface area contributed by atoms with Crippen LogP contribution in [0.3, 0.4) is 0 Å². The van der Waals surface area contributed by atoms with Gasteiger partial charge in [0.25, 0.3) is 0 Å². The van der Waals surface area contributed by atoms with Crippen LogP contribution in [0.5, 0.6) is 0 Å². The summed E-state index contributed by atoms with van der Waals surface area (Å²) >= 11 is 0. The van der Waals surface area contributed by atoms with Crippen LogP contribution in [0, 0.1) is 28.9 Å². The van der Waals surface area contributed by atoms with Gasteiger partial charge in [0.2, 0.25) is 0 Å². The van der Waals surface area contributed by atoms with Crippen molar-refractivity contribution in [2.45, 2.75) is 76.7 Å². The molecule has 178 valence electrons. The molecule has 0 spiro atoms. The van der Waals surface area contributed by atoms with Gasteiger partial charge in [-0.25, -0.2) is 8.78 Å². The third kappa shape index (κ3) is 6.80. The summed E-state index contributed by atoms with van der Waals surface area (Å²) < 4.78 is 63.0. The van der Waals surface area contributed by atoms with Crippen molar-refractivity contribution in [3.63, 3.8) is 0 Å². The van der Waals surface area contributed by atoms with Crippen molar-refractivity contribution in [1.29, 1.82) is 5.26 Å². The highest BCUT2D eigenvalue weighted by atomic mass is 19.3. The summed E-state index contributed by atoms with van der Waals surface area (Å²) in [6.07, 6.45) is 4.53. The Kier molecular flexibility index (Phi) is 8.91. The van der Waals surface area contributed by atoms with Crippen molar-refractivity contribution in [3.05, 3.63) is 70.3 Å². The van der Waals surface area contributed by atoms with Crippen molar-refractivity contribution < 1.29 is 22.3 Å². The molecule has 0 unspecified atom stereocenters. The zero-order valence-corrected chi connectivity index (χ0v) is 19.1. The normalized spacial score (nSPS) is 18.8. The molecular weight excluding hydrogens is 430 g/mol. The van der Waals surface area contributed by atoms with Gasteiger partial charge < -0.3 is 4.74 Å². The van der Waals surface area contributed by atoms with Crippen molar-refractivity contribution >= 4 is 0 Å². The maximum absolute atomic E-state index is 14.6. The third-order valence-corrected chi connectivity index (χ3v) is 6.65. The molecule has 0 aliphatic heterocycles. The largest absolute Gasteiger partial charge is 0.389 e. The van der Waals surface area contributed by atoms with E-state index in [-0.39, 0.29) is 12.3 Å². The number of nitriles is 1. The Bertz CT molecular complexity index is 921. The number of hydrogen-bond donors (Lipinski definition) is 0. The molecule has 0 saturated heterocycles. The highest BCUT2D eigenvalue weighted by molar-refractivity contribution is 5.32. The first-order valence-electron chi connectivity index (χ1n) is 11.8. The first-order valence-corrected chi connectivity index (χ1v) is 11.8. The van der Waals surface area contributed by atoms with Gasteiger partial charge >= 0.3 is 6.11 Å². The van der Waals surface area contributed by atoms with Crippen LogP contribution < -0.4 is 0 Å². The minimum atomic E-state index is -4.07. The Hall–Kier alpha value is -2.39. The molecule has 3 rings (SSSR count). The minimum Gasteiger partial charge on any atom is -0.316 e. The lowest BCUT2D eigenvalue weighted by Gasteiger charge is -2.29. The summed E-state index contributed by atoms with van der Waals surface area (Å²) in [4.78, 5) is 0. The molecule has 2 aromatic rings. The Morgan fingerprint density at radius 1 is 1.00 bits per heavy atom. The lowest BCUT2D eigenvalue weighted by atomic mass is 9.77. The summed E-state index contributed by atoms with van der Waals surface area (Å²) in [6, 6.07) is 10.5. The number of hydrogen-bond acceptors (Lipinski definition) is 2. The number of nitrogens with zero attached hydrogens (tertiary/aromatic N) is 1. The van der Waals surface area contributed by atoms with Crippen LogP contribution in [0.15, 0.2) is 36.4 Å². The second-order valence-electron chi connectivity index (χ2n) is 9.00. The summed E-state index contributed by atoms with van der Waals surface area (Å²) in [5.41, 5.74) is 0.263. The van der Waals surface area contributed by atoms with Crippen LogP contribution >= 0.6 is 0 Å². The average Bonchev–Trinajstić information content (AvgIpc) is 2.79. The number of alkyl halides is 2. The molecule has 1 fully saturated rings. The molecule has 0 bridgehead atoms. The highest BCUT2D eigenvalue weighted by Gasteiger charge is 2.40. The first kappa shape index (κ1) is 25.2. The van der Waals surface area contributed by atoms with E-state index in [1.54, 1.807) is 24.3 Å². The van der Waals surface area contributed by atoms with Crippen LogP contribution in [0.2, 0.25) is 0 Å². The minimum absolute atomic E-state index is 0.00334. The zero-order valence-electron chi connectivity index (χ0n) is 19.1. The molecule has 0 aromatic heterocycles. The monoisotopic (exact) mass is 461 g/mol. The van der Waals surface area contributed by atoms with E-state index in [4.69, 9.17) is 5.26 Å². The van der Waals surface area contributed by atoms with E-state index in [9.17, 15) is 17.6 Å². The molecule has 0 radical (unpaired) electrons. The predicted octanol–water partition coefficient (Wildman–Crippen LogP) is 8.00. The van der Waals surface area contributed by atoms with E-state index in [0.717, 1.165) is 37.8 Å². The fourth-order valence-electron chi connectivity index (χ4n) is 4.69. The quantitative estimate of drug-likeness (QED) is 0.265. The topological polar surface area (TPSA) is 33.0 Å². The maximum atomic E-state index is 14.6. The Morgan fingerprint density at radius 2 is 1.64 bits per heavy atom. The molecule has 2 aromatic carbocycles. The van der Waals surface area contributed by atoms with E-state index in [1.165, 1.54) is 25.7 Å². The van der Waals surface area contributed by atoms with E-state index < -0.39 is 29.9 Å². The zero-order chi connectivity index (χ0) is 23.8. The number of rotatable bonds is 10. The molecule has 2 nitrogen and oxygen atoms in total. The predicted molar refractivity (Wildman–Crippen MR) is 120 cm³/mol. The van der Waals surface area contributed by atoms with Gasteiger partial charge in [0, 0.05) is 0 Å². The van der Waals surface area contributed by atoms with Gasteiger partial charge in [-0.2, -0.15) is 14.0 Å². The fourth-order valence-corrected chi connectivity index (χ4v) is 4.69. The third-order valence-electron chi connectivity index (χ3n) is 6.65. The summed E-state index contributed by atoms with van der Waals surface area (Å²) in [7, 11) is 0. The molecule has 6 heteroatoms. The van der Waals surface area contributed by atoms with Crippen molar-refractivity contribution in [3.8, 4) is 6.07 Å². The van der Waals surface area contributed by atoms with Gasteiger partial charge in [0.05, 0.1) is 18.2 Å². The Labute approximate surface area is 193 Å². The van der Waals surface area contributed by atoms with E-state index in [2.05, 4.69) is 11.7 Å². The van der Waals surface area contributed by atoms with Gasteiger partial charge in [-0.15, -0.1) is 0 Å². The lowest BCUT2D eigenvalue weighted by molar-refractivity contribution is -0.251. The highest BCUT2D eigenvalue weighted by Crippen LogP contribution is 2.40. The van der Waals surface area contributed by atoms with Crippen LogP contribution in [0.1, 0.15) is 86.5 Å². The summed E-state index contributed by atoms with van der Waals surface area (Å²) in [6.45, 7) is 1.76. The second kappa shape index (κ2) is 11.7. The number of ether oxygens (including phenoxy) is 1. The fraction of sp³-hybridized carbons (Fsp3) is 0.519. The molecule has 0 heterocycles. The first-order chi connectivity index (χ1) is 15.8. The molecule has 0 N–H and O–H groups in total. The summed E-state index contributed by atoms with van der Waals surface area (Å²) in [5.74, 6) is -1.89. The van der Waals surface area contributed by atoms with Crippen LogP contribution in [0.25, 0.3) is 0 Å². The smallest absolute Gasteiger partial charge is 0.316 e. The average molecular weight is 462 g/mol. The van der Waals surface area contributed by atoms with E-state index in [1.807, 2.05) is 6.07 Å². The Balaban J connectivity index is 1.59. The van der Waals surface area contributed by atoms with Gasteiger partial charge in [-0.1, -0.05) is 44.7 Å². The second-order valence-corrected chi connectivity index (χ2v) is 9.00. The van der Waals surface area contributed by atoms with Crippen LogP contribution in [-0.2, 0) is 17.3 Å². The molecule has 0 amide bonds. The maximum Gasteiger partial charge on any atom is 0.389 e. The van der Waals surface area contributed by atoms with Crippen molar-refractivity contribution in [2.24, 2.45) is 5.92 Å². The molecule has 0 atom stereocenters. The van der Waals surface area contributed by atoms with Gasteiger partial charge in [-0.05, 0) is 79.3 Å². The number of benzene rings is 2. The van der Waals surface area contributed by atoms with Crippen LogP contribution in [0.4, 0.5) is 17.6 Å². The molecule has 1 aliphatic rings. The van der Waals surface area contributed by atoms with E-state index in [0.29, 0.717) is 22.6 Å². The number of halogens is 4. The SMILES string of the molecule is CCCCCC1CCC(c2cc(F)c(C(F)(F)OCCc3ccc(C#N)cc3)c(F)c2)CC1. The molecule has 33 heavy (non-hydrogen) atoms. The lowest BCUT2D eigenvalue weighted by Crippen LogP contribution is -2.24. The van der Waals surface area contributed by atoms with Crippen molar-refractivity contribution in [2.75, 3.05) is 6.61 Å². The van der Waals surface area contributed by atoms with Gasteiger partial charge in [-0.3, -0.25) is 0 Å². The van der Waals surface area contributed by atoms with Gasteiger partial charge in [0.1, 0.15) is 17.2 Å². The van der Waals surface area contributed by atoms with Crippen LogP contribution in [-0.4, -0.2) is 6.61 Å². The van der Waals surface area contributed by atoms with Crippen molar-refractivity contribution in [1.82, 2.24) is 0 Å². The summed E-state index contributed by atoms with van der Waals surface area (Å²) in [5, 5.41) is 8.80. The Morgan fingerprint density at radius 3 is 2.21 bits per heavy atom. The molecular formula is C27H31F4NO. The molecule has 1 saturated carbocycles. The van der Waals surface area contributed by atoms with Gasteiger partial charge in [0.15, 0.2) is 0 Å². The molecule has 1 aliphatic carbocycles.